The van der Waals surface area contributed by atoms with Gasteiger partial charge in [0, 0.05) is 29.0 Å². The molecule has 1 aromatic heterocycles. The van der Waals surface area contributed by atoms with E-state index in [9.17, 15) is 9.59 Å². The maximum Gasteiger partial charge on any atom is 0.329 e. The molecule has 0 saturated carbocycles. The van der Waals surface area contributed by atoms with Crippen LogP contribution in [0.5, 0.6) is 0 Å². The summed E-state index contributed by atoms with van der Waals surface area (Å²) in [6.07, 6.45) is 1.95. The first-order valence-corrected chi connectivity index (χ1v) is 6.60. The zero-order chi connectivity index (χ0) is 13.4. The molecule has 0 radical (unpaired) electrons. The van der Waals surface area contributed by atoms with Gasteiger partial charge in [-0.3, -0.25) is 15.0 Å². The maximum absolute atomic E-state index is 11.9. The van der Waals surface area contributed by atoms with Crippen LogP contribution in [0.15, 0.2) is 34.9 Å². The van der Waals surface area contributed by atoms with E-state index in [-0.39, 0.29) is 5.91 Å². The van der Waals surface area contributed by atoms with E-state index in [0.29, 0.717) is 18.8 Å². The molecule has 1 aromatic carbocycles. The number of nitrogens with one attached hydrogen (secondary N) is 1. The van der Waals surface area contributed by atoms with Crippen LogP contribution < -0.4 is 10.2 Å². The summed E-state index contributed by atoms with van der Waals surface area (Å²) < 4.78 is 0.968. The summed E-state index contributed by atoms with van der Waals surface area (Å²) in [6, 6.07) is 7.25. The molecule has 0 atom stereocenters. The highest BCUT2D eigenvalue weighted by Crippen LogP contribution is 2.27. The summed E-state index contributed by atoms with van der Waals surface area (Å²) in [5, 5.41) is 4.18. The molecule has 1 aliphatic rings. The smallest absolute Gasteiger partial charge is 0.278 e. The quantitative estimate of drug-likeness (QED) is 0.878. The van der Waals surface area contributed by atoms with Gasteiger partial charge in [0.2, 0.25) is 5.91 Å². The number of rotatable bonds is 1. The SMILES string of the molecule is O=C1CCN(c2nccc3cc(Br)ccc23)C(=O)N1. The number of halogens is 1. The second kappa shape index (κ2) is 4.62. The third-order valence-corrected chi connectivity index (χ3v) is 3.51. The Bertz CT molecular complexity index is 687. The number of carbonyl (C=O) groups excluding carboxylic acids is 2. The molecule has 0 unspecified atom stereocenters. The Balaban J connectivity index is 2.10. The van der Waals surface area contributed by atoms with Crippen molar-refractivity contribution >= 4 is 44.5 Å². The van der Waals surface area contributed by atoms with Gasteiger partial charge in [-0.05, 0) is 29.7 Å². The molecule has 2 heterocycles. The topological polar surface area (TPSA) is 62.3 Å². The average Bonchev–Trinajstić information content (AvgIpc) is 2.38. The number of fused-ring (bicyclic) bond motifs is 1. The molecule has 19 heavy (non-hydrogen) atoms. The van der Waals surface area contributed by atoms with Gasteiger partial charge in [-0.25, -0.2) is 9.78 Å². The van der Waals surface area contributed by atoms with E-state index >= 15 is 0 Å². The predicted molar refractivity (Wildman–Crippen MR) is 74.9 cm³/mol. The molecular weight excluding hydrogens is 310 g/mol. The molecule has 3 rings (SSSR count). The summed E-state index contributed by atoms with van der Waals surface area (Å²) >= 11 is 3.41. The van der Waals surface area contributed by atoms with E-state index in [1.807, 2.05) is 24.3 Å². The monoisotopic (exact) mass is 319 g/mol. The molecule has 2 aromatic rings. The number of carbonyl (C=O) groups is 2. The molecule has 6 heteroatoms. The van der Waals surface area contributed by atoms with Crippen molar-refractivity contribution in [3.8, 4) is 0 Å². The lowest BCUT2D eigenvalue weighted by molar-refractivity contribution is -0.120. The van der Waals surface area contributed by atoms with Crippen molar-refractivity contribution in [3.63, 3.8) is 0 Å². The van der Waals surface area contributed by atoms with Crippen LogP contribution in [-0.4, -0.2) is 23.5 Å². The number of aromatic nitrogens is 1. The summed E-state index contributed by atoms with van der Waals surface area (Å²) in [5.74, 6) is 0.333. The second-order valence-electron chi connectivity index (χ2n) is 4.25. The van der Waals surface area contributed by atoms with E-state index in [0.717, 1.165) is 15.2 Å². The molecule has 96 valence electrons. The van der Waals surface area contributed by atoms with Gasteiger partial charge in [0.25, 0.3) is 0 Å². The number of benzene rings is 1. The largest absolute Gasteiger partial charge is 0.329 e. The Hall–Kier alpha value is -1.95. The summed E-state index contributed by atoms with van der Waals surface area (Å²) in [7, 11) is 0. The van der Waals surface area contributed by atoms with Gasteiger partial charge in [-0.1, -0.05) is 15.9 Å². The van der Waals surface area contributed by atoms with Crippen molar-refractivity contribution in [1.82, 2.24) is 10.3 Å². The molecule has 1 saturated heterocycles. The number of urea groups is 1. The molecule has 1 N–H and O–H groups in total. The minimum Gasteiger partial charge on any atom is -0.278 e. The van der Waals surface area contributed by atoms with Crippen LogP contribution >= 0.6 is 15.9 Å². The first-order valence-electron chi connectivity index (χ1n) is 5.81. The van der Waals surface area contributed by atoms with Crippen LogP contribution in [0.25, 0.3) is 10.8 Å². The van der Waals surface area contributed by atoms with Crippen molar-refractivity contribution < 1.29 is 9.59 Å². The van der Waals surface area contributed by atoms with Gasteiger partial charge in [0.1, 0.15) is 5.82 Å². The van der Waals surface area contributed by atoms with E-state index < -0.39 is 6.03 Å². The lowest BCUT2D eigenvalue weighted by Crippen LogP contribution is -2.49. The van der Waals surface area contributed by atoms with Gasteiger partial charge >= 0.3 is 6.03 Å². The molecule has 0 spiro atoms. The molecule has 3 amide bonds. The first kappa shape index (κ1) is 12.1. The van der Waals surface area contributed by atoms with Crippen molar-refractivity contribution in [3.05, 3.63) is 34.9 Å². The highest BCUT2D eigenvalue weighted by molar-refractivity contribution is 9.10. The number of hydrogen-bond acceptors (Lipinski definition) is 3. The highest BCUT2D eigenvalue weighted by Gasteiger charge is 2.26. The Morgan fingerprint density at radius 1 is 1.26 bits per heavy atom. The van der Waals surface area contributed by atoms with Crippen LogP contribution in [0.1, 0.15) is 6.42 Å². The van der Waals surface area contributed by atoms with Crippen LogP contribution in [0.3, 0.4) is 0 Å². The number of pyridine rings is 1. The van der Waals surface area contributed by atoms with Crippen molar-refractivity contribution in [2.75, 3.05) is 11.4 Å². The summed E-state index contributed by atoms with van der Waals surface area (Å²) in [5.41, 5.74) is 0. The van der Waals surface area contributed by atoms with E-state index in [1.165, 1.54) is 4.90 Å². The van der Waals surface area contributed by atoms with E-state index in [1.54, 1.807) is 6.20 Å². The van der Waals surface area contributed by atoms with Gasteiger partial charge in [-0.15, -0.1) is 0 Å². The number of hydrogen-bond donors (Lipinski definition) is 1. The molecular formula is C13H10BrN3O2. The normalized spacial score (nSPS) is 15.7. The lowest BCUT2D eigenvalue weighted by Gasteiger charge is -2.26. The van der Waals surface area contributed by atoms with Crippen molar-refractivity contribution in [2.24, 2.45) is 0 Å². The van der Waals surface area contributed by atoms with E-state index in [2.05, 4.69) is 26.2 Å². The van der Waals surface area contributed by atoms with Crippen molar-refractivity contribution in [1.29, 1.82) is 0 Å². The maximum atomic E-state index is 11.9. The zero-order valence-electron chi connectivity index (χ0n) is 9.89. The number of nitrogens with zero attached hydrogens (tertiary/aromatic N) is 2. The van der Waals surface area contributed by atoms with Gasteiger partial charge in [0.05, 0.1) is 0 Å². The molecule has 1 aliphatic heterocycles. The Morgan fingerprint density at radius 3 is 2.89 bits per heavy atom. The minimum absolute atomic E-state index is 0.246. The zero-order valence-corrected chi connectivity index (χ0v) is 11.5. The number of imide groups is 1. The fourth-order valence-corrected chi connectivity index (χ4v) is 2.49. The van der Waals surface area contributed by atoms with Crippen molar-refractivity contribution in [2.45, 2.75) is 6.42 Å². The number of amides is 3. The fraction of sp³-hybridized carbons (Fsp3) is 0.154. The number of anilines is 1. The third-order valence-electron chi connectivity index (χ3n) is 3.02. The van der Waals surface area contributed by atoms with Gasteiger partial charge in [-0.2, -0.15) is 0 Å². The Morgan fingerprint density at radius 2 is 2.11 bits per heavy atom. The van der Waals surface area contributed by atoms with Crippen LogP contribution in [-0.2, 0) is 4.79 Å². The highest BCUT2D eigenvalue weighted by atomic mass is 79.9. The molecule has 0 aliphatic carbocycles. The second-order valence-corrected chi connectivity index (χ2v) is 5.17. The summed E-state index contributed by atoms with van der Waals surface area (Å²) in [4.78, 5) is 28.8. The lowest BCUT2D eigenvalue weighted by atomic mass is 10.1. The van der Waals surface area contributed by atoms with Crippen LogP contribution in [0.4, 0.5) is 10.6 Å². The Kier molecular flexibility index (Phi) is 2.94. The Labute approximate surface area is 117 Å². The van der Waals surface area contributed by atoms with E-state index in [4.69, 9.17) is 0 Å². The predicted octanol–water partition coefficient (Wildman–Crippen LogP) is 2.44. The fourth-order valence-electron chi connectivity index (χ4n) is 2.11. The third kappa shape index (κ3) is 2.19. The molecule has 1 fully saturated rings. The van der Waals surface area contributed by atoms with Gasteiger partial charge < -0.3 is 0 Å². The van der Waals surface area contributed by atoms with Crippen LogP contribution in [0, 0.1) is 0 Å². The molecule has 0 bridgehead atoms. The minimum atomic E-state index is -0.417. The first-order chi connectivity index (χ1) is 9.15. The molecule has 5 nitrogen and oxygen atoms in total. The van der Waals surface area contributed by atoms with Crippen LogP contribution in [0.2, 0.25) is 0 Å². The average molecular weight is 320 g/mol. The summed E-state index contributed by atoms with van der Waals surface area (Å²) in [6.45, 7) is 0.354. The van der Waals surface area contributed by atoms with Gasteiger partial charge in [0.15, 0.2) is 0 Å². The standard InChI is InChI=1S/C13H10BrN3O2/c14-9-1-2-10-8(7-9)3-5-15-12(10)17-6-4-11(18)16-13(17)19/h1-3,5,7H,4,6H2,(H,16,18,19).